The van der Waals surface area contributed by atoms with Gasteiger partial charge in [0.1, 0.15) is 17.5 Å². The first kappa shape index (κ1) is 27.7. The summed E-state index contributed by atoms with van der Waals surface area (Å²) in [5.41, 5.74) is -0.851. The van der Waals surface area contributed by atoms with Gasteiger partial charge in [0.25, 0.3) is 0 Å². The molecule has 0 radical (unpaired) electrons. The molecule has 5 aliphatic rings. The minimum absolute atomic E-state index is 0.0416. The Balaban J connectivity index is 1.31. The fourth-order valence-electron chi connectivity index (χ4n) is 7.97. The van der Waals surface area contributed by atoms with Crippen LogP contribution in [0.15, 0.2) is 30.4 Å². The molecule has 216 valence electrons. The molecule has 2 saturated carbocycles. The largest absolute Gasteiger partial charge is 0.359 e. The number of rotatable bonds is 5. The first-order valence-electron chi connectivity index (χ1n) is 14.9. The molecule has 9 heteroatoms. The maximum absolute atomic E-state index is 14.3. The molecule has 7 nitrogen and oxygen atoms in total. The van der Waals surface area contributed by atoms with Crippen LogP contribution in [0.4, 0.5) is 10.1 Å². The number of ether oxygens (including phenoxy) is 1. The zero-order chi connectivity index (χ0) is 28.3. The van der Waals surface area contributed by atoms with Crippen LogP contribution in [0.3, 0.4) is 0 Å². The van der Waals surface area contributed by atoms with E-state index in [1.165, 1.54) is 18.2 Å². The van der Waals surface area contributed by atoms with Crippen LogP contribution in [0.2, 0.25) is 5.02 Å². The molecule has 1 aromatic carbocycles. The lowest BCUT2D eigenvalue weighted by Crippen LogP contribution is -2.59. The van der Waals surface area contributed by atoms with E-state index in [1.807, 2.05) is 12.2 Å². The molecular weight excluding hydrogens is 533 g/mol. The second kappa shape index (κ2) is 10.4. The number of likely N-dealkylation sites (tertiary alicyclic amines) is 1. The lowest BCUT2D eigenvalue weighted by Gasteiger charge is -2.41. The van der Waals surface area contributed by atoms with Crippen molar-refractivity contribution >= 4 is 35.0 Å². The summed E-state index contributed by atoms with van der Waals surface area (Å²) in [4.78, 5) is 44.0. The van der Waals surface area contributed by atoms with E-state index in [0.717, 1.165) is 44.9 Å². The first-order valence-corrected chi connectivity index (χ1v) is 15.2. The second-order valence-corrected chi connectivity index (χ2v) is 13.3. The van der Waals surface area contributed by atoms with Crippen molar-refractivity contribution in [2.45, 2.75) is 95.5 Å². The number of fused-ring (bicyclic) bond motifs is 1. The number of nitrogens with one attached hydrogen (secondary N) is 2. The van der Waals surface area contributed by atoms with Gasteiger partial charge in [0.2, 0.25) is 17.7 Å². The van der Waals surface area contributed by atoms with Gasteiger partial charge in [0, 0.05) is 17.8 Å². The minimum atomic E-state index is -1.19. The predicted octanol–water partition coefficient (Wildman–Crippen LogP) is 5.09. The molecule has 3 heterocycles. The van der Waals surface area contributed by atoms with Crippen LogP contribution in [-0.2, 0) is 19.1 Å². The summed E-state index contributed by atoms with van der Waals surface area (Å²) in [5, 5.41) is 6.04. The molecule has 40 heavy (non-hydrogen) atoms. The summed E-state index contributed by atoms with van der Waals surface area (Å²) in [6.45, 7) is 6.64. The van der Waals surface area contributed by atoms with Crippen LogP contribution < -0.4 is 10.6 Å². The Hall–Kier alpha value is -2.45. The summed E-state index contributed by atoms with van der Waals surface area (Å²) in [6.07, 6.45) is 9.83. The van der Waals surface area contributed by atoms with Crippen molar-refractivity contribution < 1.29 is 23.5 Å². The molecular formula is C31H39ClFN3O4. The molecule has 3 amide bonds. The number of carbonyl (C=O) groups excluding carboxylic acids is 3. The highest BCUT2D eigenvalue weighted by Gasteiger charge is 2.73. The monoisotopic (exact) mass is 571 g/mol. The fraction of sp³-hybridized carbons (Fsp3) is 0.645. The summed E-state index contributed by atoms with van der Waals surface area (Å²) < 4.78 is 20.2. The second-order valence-electron chi connectivity index (χ2n) is 12.9. The van der Waals surface area contributed by atoms with Gasteiger partial charge < -0.3 is 20.3 Å². The van der Waals surface area contributed by atoms with Gasteiger partial charge >= 0.3 is 0 Å². The zero-order valence-electron chi connectivity index (χ0n) is 23.4. The number of hydrogen-bond donors (Lipinski definition) is 2. The zero-order valence-corrected chi connectivity index (χ0v) is 24.1. The van der Waals surface area contributed by atoms with E-state index in [0.29, 0.717) is 23.4 Å². The number of benzene rings is 1. The summed E-state index contributed by atoms with van der Waals surface area (Å²) in [7, 11) is 0. The SMILES string of the molecule is CC1CCC(N2C(=O)[C@@H]3C(C(=O)Nc4ccc(F)c(Cl)c4)[C@@H]4C=CC3(O4)C2C(=O)NC2CCCC(C)C2C)CC1. The third kappa shape index (κ3) is 4.46. The Morgan fingerprint density at radius 2 is 1.82 bits per heavy atom. The van der Waals surface area contributed by atoms with Gasteiger partial charge in [-0.15, -0.1) is 0 Å². The number of carbonyl (C=O) groups is 3. The van der Waals surface area contributed by atoms with E-state index in [-0.39, 0.29) is 28.9 Å². The molecule has 2 bridgehead atoms. The Morgan fingerprint density at radius 3 is 2.55 bits per heavy atom. The van der Waals surface area contributed by atoms with Crippen LogP contribution in [-0.4, -0.2) is 52.5 Å². The van der Waals surface area contributed by atoms with Crippen molar-refractivity contribution in [2.75, 3.05) is 5.32 Å². The first-order chi connectivity index (χ1) is 19.1. The molecule has 2 saturated heterocycles. The van der Waals surface area contributed by atoms with Crippen molar-refractivity contribution in [1.82, 2.24) is 10.2 Å². The van der Waals surface area contributed by atoms with Crippen LogP contribution in [0.5, 0.6) is 0 Å². The standard InChI is InChI=1S/C31H39ClFN3O4/c1-16-7-10-20(11-8-16)36-27(29(38)35-23-6-4-5-17(2)18(23)3)31-14-13-24(40-31)25(26(31)30(36)39)28(37)34-19-9-12-22(33)21(32)15-19/h9,12-18,20,23-27H,4-8,10-11H2,1-3H3,(H,34,37)(H,35,38)/t16?,17?,18?,20?,23?,24-,25?,26-,27?,31?/m0/s1. The molecule has 8 atom stereocenters. The minimum Gasteiger partial charge on any atom is -0.359 e. The Labute approximate surface area is 240 Å². The normalized spacial score (nSPS) is 40.3. The van der Waals surface area contributed by atoms with E-state index in [9.17, 15) is 18.8 Å². The van der Waals surface area contributed by atoms with Gasteiger partial charge in [-0.2, -0.15) is 0 Å². The lowest BCUT2D eigenvalue weighted by molar-refractivity contribution is -0.145. The van der Waals surface area contributed by atoms with Gasteiger partial charge in [0.15, 0.2) is 0 Å². The van der Waals surface area contributed by atoms with Crippen LogP contribution in [0.1, 0.15) is 65.7 Å². The van der Waals surface area contributed by atoms with Crippen molar-refractivity contribution in [3.8, 4) is 0 Å². The van der Waals surface area contributed by atoms with E-state index < -0.39 is 41.3 Å². The highest BCUT2D eigenvalue weighted by Crippen LogP contribution is 2.56. The third-order valence-electron chi connectivity index (χ3n) is 10.5. The smallest absolute Gasteiger partial charge is 0.246 e. The summed E-state index contributed by atoms with van der Waals surface area (Å²) in [6, 6.07) is 3.12. The van der Waals surface area contributed by atoms with Crippen molar-refractivity contribution in [3.63, 3.8) is 0 Å². The van der Waals surface area contributed by atoms with Gasteiger partial charge in [-0.05, 0) is 68.1 Å². The molecule has 1 spiro atoms. The van der Waals surface area contributed by atoms with E-state index in [1.54, 1.807) is 4.90 Å². The fourth-order valence-corrected chi connectivity index (χ4v) is 8.15. The maximum atomic E-state index is 14.3. The maximum Gasteiger partial charge on any atom is 0.246 e. The lowest BCUT2D eigenvalue weighted by atomic mass is 9.73. The predicted molar refractivity (Wildman–Crippen MR) is 150 cm³/mol. The highest BCUT2D eigenvalue weighted by molar-refractivity contribution is 6.31. The Bertz CT molecular complexity index is 1230. The van der Waals surface area contributed by atoms with Gasteiger partial charge in [0.05, 0.1) is 23.0 Å². The molecule has 6 unspecified atom stereocenters. The topological polar surface area (TPSA) is 87.7 Å². The summed E-state index contributed by atoms with van der Waals surface area (Å²) >= 11 is 5.93. The number of nitrogens with zero attached hydrogens (tertiary/aromatic N) is 1. The highest BCUT2D eigenvalue weighted by atomic mass is 35.5. The van der Waals surface area contributed by atoms with Crippen LogP contribution in [0, 0.1) is 35.4 Å². The van der Waals surface area contributed by atoms with Gasteiger partial charge in [-0.25, -0.2) is 4.39 Å². The number of hydrogen-bond acceptors (Lipinski definition) is 4. The summed E-state index contributed by atoms with van der Waals surface area (Å²) in [5.74, 6) is -1.53. The molecule has 2 N–H and O–H groups in total. The Morgan fingerprint density at radius 1 is 1.07 bits per heavy atom. The molecule has 0 aromatic heterocycles. The van der Waals surface area contributed by atoms with Crippen molar-refractivity contribution in [3.05, 3.63) is 41.2 Å². The Kier molecular flexibility index (Phi) is 7.22. The molecule has 4 fully saturated rings. The molecule has 2 aliphatic carbocycles. The van der Waals surface area contributed by atoms with Crippen molar-refractivity contribution in [2.24, 2.45) is 29.6 Å². The van der Waals surface area contributed by atoms with Gasteiger partial charge in [-0.1, -0.05) is 57.4 Å². The van der Waals surface area contributed by atoms with E-state index >= 15 is 0 Å². The molecule has 1 aromatic rings. The third-order valence-corrected chi connectivity index (χ3v) is 10.8. The molecule has 6 rings (SSSR count). The van der Waals surface area contributed by atoms with Gasteiger partial charge in [-0.3, -0.25) is 14.4 Å². The number of amides is 3. The average molecular weight is 572 g/mol. The molecule has 3 aliphatic heterocycles. The van der Waals surface area contributed by atoms with E-state index in [4.69, 9.17) is 16.3 Å². The van der Waals surface area contributed by atoms with Crippen molar-refractivity contribution in [1.29, 1.82) is 0 Å². The number of halogens is 2. The quantitative estimate of drug-likeness (QED) is 0.482. The van der Waals surface area contributed by atoms with Crippen LogP contribution >= 0.6 is 11.6 Å². The van der Waals surface area contributed by atoms with E-state index in [2.05, 4.69) is 31.4 Å². The number of anilines is 1. The average Bonchev–Trinajstić information content (AvgIpc) is 3.57. The van der Waals surface area contributed by atoms with Crippen LogP contribution in [0.25, 0.3) is 0 Å².